The van der Waals surface area contributed by atoms with E-state index in [0.717, 1.165) is 34.0 Å². The van der Waals surface area contributed by atoms with Crippen LogP contribution in [0.15, 0.2) is 53.9 Å². The van der Waals surface area contributed by atoms with Gasteiger partial charge in [-0.05, 0) is 18.6 Å². The van der Waals surface area contributed by atoms with Crippen LogP contribution in [0.5, 0.6) is 0 Å². The van der Waals surface area contributed by atoms with Crippen molar-refractivity contribution in [3.8, 4) is 10.6 Å². The van der Waals surface area contributed by atoms with Crippen molar-refractivity contribution in [3.05, 3.63) is 76.3 Å². The van der Waals surface area contributed by atoms with Gasteiger partial charge in [-0.2, -0.15) is 13.2 Å². The number of halogens is 3. The molecule has 0 aliphatic carbocycles. The molecular weight excluding hydrogens is 421 g/mol. The average Bonchev–Trinajstić information content (AvgIpc) is 3.10. The number of aryl methyl sites for hydroxylation is 1. The van der Waals surface area contributed by atoms with Gasteiger partial charge in [0.15, 0.2) is 0 Å². The number of thiazole rings is 1. The Kier molecular flexibility index (Phi) is 6.40. The van der Waals surface area contributed by atoms with Crippen LogP contribution in [0.2, 0.25) is 0 Å². The Hall–Kier alpha value is -2.23. The predicted octanol–water partition coefficient (Wildman–Crippen LogP) is 4.80. The lowest BCUT2D eigenvalue weighted by molar-refractivity contribution is -0.137. The number of sulfonamides is 1. The number of hydrogen-bond acceptors (Lipinski definition) is 4. The zero-order chi connectivity index (χ0) is 21.1. The number of aromatic nitrogens is 1. The first-order valence-corrected chi connectivity index (χ1v) is 11.3. The fourth-order valence-corrected chi connectivity index (χ4v) is 4.69. The molecule has 4 nitrogen and oxygen atoms in total. The molecule has 0 saturated heterocycles. The maximum Gasteiger partial charge on any atom is 0.416 e. The largest absolute Gasteiger partial charge is 0.416 e. The molecule has 0 bridgehead atoms. The topological polar surface area (TPSA) is 59.1 Å². The van der Waals surface area contributed by atoms with Crippen LogP contribution in [0, 0.1) is 6.92 Å². The SMILES string of the molecule is Cc1ccc(-c2nc(CCNS(=O)(=O)Cc3cccc(C(F)(F)F)c3)cs2)cc1. The van der Waals surface area contributed by atoms with Gasteiger partial charge in [-0.3, -0.25) is 0 Å². The number of nitrogens with zero attached hydrogens (tertiary/aromatic N) is 1. The second-order valence-corrected chi connectivity index (χ2v) is 9.28. The fraction of sp³-hybridized carbons (Fsp3) is 0.250. The molecule has 0 fully saturated rings. The summed E-state index contributed by atoms with van der Waals surface area (Å²) in [4.78, 5) is 4.51. The van der Waals surface area contributed by atoms with Crippen LogP contribution < -0.4 is 4.72 Å². The lowest BCUT2D eigenvalue weighted by atomic mass is 10.1. The van der Waals surface area contributed by atoms with Crippen LogP contribution in [0.25, 0.3) is 10.6 Å². The highest BCUT2D eigenvalue weighted by Gasteiger charge is 2.30. The van der Waals surface area contributed by atoms with E-state index in [2.05, 4.69) is 9.71 Å². The molecule has 0 aliphatic rings. The van der Waals surface area contributed by atoms with E-state index in [-0.39, 0.29) is 12.1 Å². The van der Waals surface area contributed by atoms with Gasteiger partial charge in [0.1, 0.15) is 5.01 Å². The molecule has 0 radical (unpaired) electrons. The van der Waals surface area contributed by atoms with Crippen LogP contribution in [0.3, 0.4) is 0 Å². The number of hydrogen-bond donors (Lipinski definition) is 1. The highest BCUT2D eigenvalue weighted by molar-refractivity contribution is 7.88. The van der Waals surface area contributed by atoms with Crippen LogP contribution >= 0.6 is 11.3 Å². The minimum Gasteiger partial charge on any atom is -0.241 e. The Morgan fingerprint density at radius 2 is 1.83 bits per heavy atom. The molecule has 1 aromatic heterocycles. The van der Waals surface area contributed by atoms with E-state index in [9.17, 15) is 21.6 Å². The summed E-state index contributed by atoms with van der Waals surface area (Å²) in [5.41, 5.74) is 2.13. The summed E-state index contributed by atoms with van der Waals surface area (Å²) in [5, 5.41) is 2.72. The standard InChI is InChI=1S/C20H19F3N2O2S2/c1-14-5-7-16(8-6-14)19-25-18(12-28-19)9-10-24-29(26,27)13-15-3-2-4-17(11-15)20(21,22)23/h2-8,11-12,24H,9-10,13H2,1H3. The Morgan fingerprint density at radius 3 is 2.52 bits per heavy atom. The molecule has 3 aromatic rings. The number of alkyl halides is 3. The third-order valence-electron chi connectivity index (χ3n) is 4.16. The minimum absolute atomic E-state index is 0.0858. The number of benzene rings is 2. The van der Waals surface area contributed by atoms with Gasteiger partial charge in [-0.1, -0.05) is 48.0 Å². The van der Waals surface area contributed by atoms with Gasteiger partial charge in [0.25, 0.3) is 0 Å². The molecule has 0 unspecified atom stereocenters. The summed E-state index contributed by atoms with van der Waals surface area (Å²) in [6, 6.07) is 12.3. The van der Waals surface area contributed by atoms with Gasteiger partial charge in [-0.25, -0.2) is 18.1 Å². The van der Waals surface area contributed by atoms with Gasteiger partial charge >= 0.3 is 6.18 Å². The first kappa shape index (κ1) is 21.5. The van der Waals surface area contributed by atoms with Crippen LogP contribution in [0.4, 0.5) is 13.2 Å². The number of nitrogens with one attached hydrogen (secondary N) is 1. The molecule has 9 heteroatoms. The smallest absolute Gasteiger partial charge is 0.241 e. The maximum absolute atomic E-state index is 12.8. The van der Waals surface area contributed by atoms with Gasteiger partial charge < -0.3 is 0 Å². The summed E-state index contributed by atoms with van der Waals surface area (Å²) < 4.78 is 65.1. The van der Waals surface area contributed by atoms with Crippen LogP contribution in [-0.2, 0) is 28.4 Å². The molecule has 3 rings (SSSR count). The van der Waals surface area contributed by atoms with E-state index in [4.69, 9.17) is 0 Å². The normalized spacial score (nSPS) is 12.3. The molecule has 154 valence electrons. The van der Waals surface area contributed by atoms with Crippen molar-refractivity contribution in [2.24, 2.45) is 0 Å². The first-order chi connectivity index (χ1) is 13.6. The van der Waals surface area contributed by atoms with Gasteiger partial charge in [0.05, 0.1) is 17.0 Å². The van der Waals surface area contributed by atoms with E-state index in [1.807, 2.05) is 36.6 Å². The fourth-order valence-electron chi connectivity index (χ4n) is 2.69. The zero-order valence-electron chi connectivity index (χ0n) is 15.5. The van der Waals surface area contributed by atoms with Crippen molar-refractivity contribution in [1.82, 2.24) is 9.71 Å². The quantitative estimate of drug-likeness (QED) is 0.574. The van der Waals surface area contributed by atoms with Gasteiger partial charge in [-0.15, -0.1) is 11.3 Å². The summed E-state index contributed by atoms with van der Waals surface area (Å²) in [7, 11) is -3.76. The highest BCUT2D eigenvalue weighted by atomic mass is 32.2. The van der Waals surface area contributed by atoms with E-state index < -0.39 is 27.5 Å². The van der Waals surface area contributed by atoms with Crippen molar-refractivity contribution in [2.45, 2.75) is 25.3 Å². The third-order valence-corrected chi connectivity index (χ3v) is 6.46. The zero-order valence-corrected chi connectivity index (χ0v) is 17.2. The highest BCUT2D eigenvalue weighted by Crippen LogP contribution is 2.30. The lowest BCUT2D eigenvalue weighted by Gasteiger charge is -2.10. The molecule has 0 amide bonds. The van der Waals surface area contributed by atoms with Crippen LogP contribution in [-0.4, -0.2) is 19.9 Å². The van der Waals surface area contributed by atoms with Gasteiger partial charge in [0.2, 0.25) is 10.0 Å². The molecule has 0 saturated carbocycles. The maximum atomic E-state index is 12.8. The molecule has 0 atom stereocenters. The predicted molar refractivity (Wildman–Crippen MR) is 108 cm³/mol. The summed E-state index contributed by atoms with van der Waals surface area (Å²) >= 11 is 1.48. The second kappa shape index (κ2) is 8.64. The Balaban J connectivity index is 1.57. The first-order valence-electron chi connectivity index (χ1n) is 8.77. The van der Waals surface area contributed by atoms with Crippen LogP contribution in [0.1, 0.15) is 22.4 Å². The van der Waals surface area contributed by atoms with E-state index in [1.54, 1.807) is 0 Å². The van der Waals surface area contributed by atoms with Crippen molar-refractivity contribution in [2.75, 3.05) is 6.54 Å². The minimum atomic E-state index is -4.51. The molecule has 0 aliphatic heterocycles. The monoisotopic (exact) mass is 440 g/mol. The van der Waals surface area contributed by atoms with E-state index in [1.165, 1.54) is 23.5 Å². The van der Waals surface area contributed by atoms with E-state index in [0.29, 0.717) is 6.42 Å². The Bertz CT molecular complexity index is 1080. The molecule has 2 aromatic carbocycles. The molecule has 0 spiro atoms. The molecule has 1 N–H and O–H groups in total. The Morgan fingerprint density at radius 1 is 1.10 bits per heavy atom. The molecule has 1 heterocycles. The summed E-state index contributed by atoms with van der Waals surface area (Å²) in [5.74, 6) is -0.511. The molecular formula is C20H19F3N2O2S2. The second-order valence-electron chi connectivity index (χ2n) is 6.61. The number of rotatable bonds is 7. The van der Waals surface area contributed by atoms with Gasteiger partial charge in [0, 0.05) is 23.9 Å². The Labute approximate surface area is 171 Å². The van der Waals surface area contributed by atoms with Crippen molar-refractivity contribution in [1.29, 1.82) is 0 Å². The average molecular weight is 441 g/mol. The van der Waals surface area contributed by atoms with E-state index >= 15 is 0 Å². The molecule has 29 heavy (non-hydrogen) atoms. The van der Waals surface area contributed by atoms with Crippen molar-refractivity contribution >= 4 is 21.4 Å². The third kappa shape index (κ3) is 6.12. The summed E-state index contributed by atoms with van der Waals surface area (Å²) in [6.45, 7) is 2.13. The lowest BCUT2D eigenvalue weighted by Crippen LogP contribution is -2.27. The summed E-state index contributed by atoms with van der Waals surface area (Å²) in [6.07, 6.45) is -4.11. The van der Waals surface area contributed by atoms with Crippen molar-refractivity contribution in [3.63, 3.8) is 0 Å². The van der Waals surface area contributed by atoms with Crippen molar-refractivity contribution < 1.29 is 21.6 Å².